The predicted octanol–water partition coefficient (Wildman–Crippen LogP) is 3.31. The normalized spacial score (nSPS) is 15.0. The van der Waals surface area contributed by atoms with E-state index in [1.807, 2.05) is 18.2 Å². The Balaban J connectivity index is 0.000000149. The van der Waals surface area contributed by atoms with Gasteiger partial charge < -0.3 is 4.42 Å². The molecule has 0 bridgehead atoms. The summed E-state index contributed by atoms with van der Waals surface area (Å²) in [6.45, 7) is 0. The predicted molar refractivity (Wildman–Crippen MR) is 70.6 cm³/mol. The third-order valence-electron chi connectivity index (χ3n) is 2.94. The lowest BCUT2D eigenvalue weighted by Gasteiger charge is -2.05. The van der Waals surface area contributed by atoms with Gasteiger partial charge in [0.05, 0.1) is 0 Å². The molecular weight excluding hydrogens is 228 g/mol. The maximum absolute atomic E-state index is 10.7. The average molecular weight is 244 g/mol. The molecule has 0 amide bonds. The molecule has 1 fully saturated rings. The highest BCUT2D eigenvalue weighted by atomic mass is 16.4. The van der Waals surface area contributed by atoms with Crippen molar-refractivity contribution in [3.8, 4) is 0 Å². The van der Waals surface area contributed by atoms with Crippen molar-refractivity contribution in [3.05, 3.63) is 46.8 Å². The molecule has 0 atom stereocenters. The molecule has 0 radical (unpaired) electrons. The van der Waals surface area contributed by atoms with E-state index in [0.717, 1.165) is 31.1 Å². The van der Waals surface area contributed by atoms with Gasteiger partial charge in [0.1, 0.15) is 11.4 Å². The second-order valence-electron chi connectivity index (χ2n) is 4.39. The molecule has 0 unspecified atom stereocenters. The number of ketones is 1. The van der Waals surface area contributed by atoms with Gasteiger partial charge in [-0.1, -0.05) is 24.6 Å². The Morgan fingerprint density at radius 1 is 0.833 bits per heavy atom. The summed E-state index contributed by atoms with van der Waals surface area (Å²) in [7, 11) is 0. The minimum Gasteiger partial charge on any atom is -0.423 e. The van der Waals surface area contributed by atoms with E-state index in [0.29, 0.717) is 11.4 Å². The molecule has 94 valence electrons. The van der Waals surface area contributed by atoms with Crippen molar-refractivity contribution in [1.29, 1.82) is 0 Å². The molecule has 0 N–H and O–H groups in total. The van der Waals surface area contributed by atoms with Crippen LogP contribution in [0.4, 0.5) is 0 Å². The molecular formula is C15H16O3. The van der Waals surface area contributed by atoms with E-state index in [1.165, 1.54) is 12.5 Å². The molecule has 18 heavy (non-hydrogen) atoms. The quantitative estimate of drug-likeness (QED) is 0.668. The van der Waals surface area contributed by atoms with Crippen LogP contribution in [0.15, 0.2) is 45.6 Å². The molecule has 0 aliphatic heterocycles. The first kappa shape index (κ1) is 12.6. The van der Waals surface area contributed by atoms with E-state index >= 15 is 0 Å². The topological polar surface area (TPSA) is 47.3 Å². The van der Waals surface area contributed by atoms with Crippen molar-refractivity contribution in [2.24, 2.45) is 0 Å². The largest absolute Gasteiger partial charge is 0.423 e. The number of fused-ring (bicyclic) bond motifs is 1. The van der Waals surface area contributed by atoms with Crippen LogP contribution >= 0.6 is 0 Å². The fourth-order valence-electron chi connectivity index (χ4n) is 1.96. The maximum Gasteiger partial charge on any atom is 0.336 e. The summed E-state index contributed by atoms with van der Waals surface area (Å²) in [6.07, 6.45) is 5.24. The molecule has 1 aromatic heterocycles. The van der Waals surface area contributed by atoms with Crippen LogP contribution in [0.3, 0.4) is 0 Å². The van der Waals surface area contributed by atoms with Crippen molar-refractivity contribution in [3.63, 3.8) is 0 Å². The molecule has 1 aromatic carbocycles. The number of hydrogen-bond donors (Lipinski definition) is 0. The Morgan fingerprint density at radius 3 is 2.22 bits per heavy atom. The molecule has 0 spiro atoms. The van der Waals surface area contributed by atoms with Gasteiger partial charge in [-0.3, -0.25) is 4.79 Å². The van der Waals surface area contributed by atoms with Gasteiger partial charge in [-0.15, -0.1) is 0 Å². The fraction of sp³-hybridized carbons (Fsp3) is 0.333. The van der Waals surface area contributed by atoms with E-state index in [2.05, 4.69) is 0 Å². The van der Waals surface area contributed by atoms with Crippen molar-refractivity contribution < 1.29 is 9.21 Å². The smallest absolute Gasteiger partial charge is 0.336 e. The number of carbonyl (C=O) groups excluding carboxylic acids is 1. The van der Waals surface area contributed by atoms with Crippen molar-refractivity contribution in [1.82, 2.24) is 0 Å². The van der Waals surface area contributed by atoms with E-state index in [9.17, 15) is 9.59 Å². The van der Waals surface area contributed by atoms with Crippen molar-refractivity contribution >= 4 is 16.8 Å². The lowest BCUT2D eigenvalue weighted by molar-refractivity contribution is -0.120. The number of Topliss-reactive ketones (excluding diaryl/α,β-unsaturated/α-hetero) is 1. The number of carbonyl (C=O) groups is 1. The summed E-state index contributed by atoms with van der Waals surface area (Å²) in [5.41, 5.74) is 0.337. The van der Waals surface area contributed by atoms with Crippen molar-refractivity contribution in [2.45, 2.75) is 32.1 Å². The van der Waals surface area contributed by atoms with Crippen LogP contribution < -0.4 is 5.63 Å². The van der Waals surface area contributed by atoms with Crippen LogP contribution in [0.2, 0.25) is 0 Å². The number of hydrogen-bond acceptors (Lipinski definition) is 3. The SMILES string of the molecule is O=C1CCCCC1.O=c1ccc2ccccc2o1. The van der Waals surface area contributed by atoms with Crippen LogP contribution in [0.5, 0.6) is 0 Å². The number of benzene rings is 1. The summed E-state index contributed by atoms with van der Waals surface area (Å²) in [6, 6.07) is 10.6. The average Bonchev–Trinajstić information content (AvgIpc) is 2.40. The first-order valence-corrected chi connectivity index (χ1v) is 6.26. The molecule has 0 saturated heterocycles. The summed E-state index contributed by atoms with van der Waals surface area (Å²) in [4.78, 5) is 21.2. The Labute approximate surface area is 105 Å². The van der Waals surface area contributed by atoms with Crippen LogP contribution in [0.1, 0.15) is 32.1 Å². The van der Waals surface area contributed by atoms with Gasteiger partial charge in [-0.25, -0.2) is 4.79 Å². The minimum absolute atomic E-state index is 0.302. The zero-order valence-corrected chi connectivity index (χ0v) is 10.2. The van der Waals surface area contributed by atoms with Crippen LogP contribution in [-0.4, -0.2) is 5.78 Å². The zero-order valence-electron chi connectivity index (χ0n) is 10.2. The molecule has 3 rings (SSSR count). The van der Waals surface area contributed by atoms with E-state index in [-0.39, 0.29) is 5.63 Å². The van der Waals surface area contributed by atoms with Gasteiger partial charge in [-0.05, 0) is 25.0 Å². The monoisotopic (exact) mass is 244 g/mol. The van der Waals surface area contributed by atoms with Gasteiger partial charge >= 0.3 is 5.63 Å². The lowest BCUT2D eigenvalue weighted by atomic mass is 10.00. The van der Waals surface area contributed by atoms with Gasteiger partial charge in [0, 0.05) is 24.3 Å². The molecule has 3 heteroatoms. The summed E-state index contributed by atoms with van der Waals surface area (Å²) in [5, 5.41) is 0.951. The zero-order chi connectivity index (χ0) is 12.8. The Kier molecular flexibility index (Phi) is 4.29. The van der Waals surface area contributed by atoms with E-state index < -0.39 is 0 Å². The fourth-order valence-corrected chi connectivity index (χ4v) is 1.96. The minimum atomic E-state index is -0.302. The van der Waals surface area contributed by atoms with Gasteiger partial charge in [0.15, 0.2) is 0 Å². The van der Waals surface area contributed by atoms with Gasteiger partial charge in [-0.2, -0.15) is 0 Å². The third-order valence-corrected chi connectivity index (χ3v) is 2.94. The van der Waals surface area contributed by atoms with Crippen LogP contribution in [0, 0.1) is 0 Å². The highest BCUT2D eigenvalue weighted by Crippen LogP contribution is 2.12. The summed E-state index contributed by atoms with van der Waals surface area (Å²) < 4.78 is 4.91. The molecule has 1 heterocycles. The second-order valence-corrected chi connectivity index (χ2v) is 4.39. The summed E-state index contributed by atoms with van der Waals surface area (Å²) in [5.74, 6) is 0.464. The molecule has 3 nitrogen and oxygen atoms in total. The highest BCUT2D eigenvalue weighted by molar-refractivity contribution is 5.78. The first-order chi connectivity index (χ1) is 8.75. The highest BCUT2D eigenvalue weighted by Gasteiger charge is 2.05. The molecule has 1 saturated carbocycles. The molecule has 1 aliphatic carbocycles. The number of para-hydroxylation sites is 1. The third kappa shape index (κ3) is 3.55. The van der Waals surface area contributed by atoms with E-state index in [4.69, 9.17) is 4.42 Å². The molecule has 2 aromatic rings. The number of rotatable bonds is 0. The van der Waals surface area contributed by atoms with Gasteiger partial charge in [0.25, 0.3) is 0 Å². The maximum atomic E-state index is 10.7. The van der Waals surface area contributed by atoms with E-state index in [1.54, 1.807) is 12.1 Å². The van der Waals surface area contributed by atoms with Crippen LogP contribution in [-0.2, 0) is 4.79 Å². The summed E-state index contributed by atoms with van der Waals surface area (Å²) >= 11 is 0. The standard InChI is InChI=1S/C9H6O2.C6H10O/c10-9-6-5-7-3-1-2-4-8(7)11-9;7-6-4-2-1-3-5-6/h1-6H;1-5H2. The van der Waals surface area contributed by atoms with Gasteiger partial charge in [0.2, 0.25) is 0 Å². The first-order valence-electron chi connectivity index (χ1n) is 6.26. The Bertz CT molecular complexity index is 575. The Morgan fingerprint density at radius 2 is 1.56 bits per heavy atom. The molecule has 1 aliphatic rings. The van der Waals surface area contributed by atoms with Crippen LogP contribution in [0.25, 0.3) is 11.0 Å². The van der Waals surface area contributed by atoms with Crippen molar-refractivity contribution in [2.75, 3.05) is 0 Å². The second kappa shape index (κ2) is 6.15. The lowest BCUT2D eigenvalue weighted by Crippen LogP contribution is -2.02. The Hall–Kier alpha value is -1.90.